The van der Waals surface area contributed by atoms with Gasteiger partial charge in [0.1, 0.15) is 0 Å². The average molecular weight is 370 g/mol. The van der Waals surface area contributed by atoms with E-state index >= 15 is 0 Å². The van der Waals surface area contributed by atoms with E-state index in [0.29, 0.717) is 0 Å². The minimum atomic E-state index is 0.834. The molecule has 0 aliphatic rings. The van der Waals surface area contributed by atoms with Crippen LogP contribution in [0.4, 0.5) is 0 Å². The Morgan fingerprint density at radius 3 is 2.43 bits per heavy atom. The van der Waals surface area contributed by atoms with E-state index < -0.39 is 0 Å². The van der Waals surface area contributed by atoms with Crippen molar-refractivity contribution in [2.45, 2.75) is 46.0 Å². The molecule has 0 saturated carbocycles. The first-order valence-electron chi connectivity index (χ1n) is 10.3. The number of aliphatic imine (C=N–C) groups is 1. The molecule has 0 amide bonds. The van der Waals surface area contributed by atoms with Crippen molar-refractivity contribution in [3.05, 3.63) is 84.0 Å². The van der Waals surface area contributed by atoms with Crippen LogP contribution in [-0.2, 0) is 0 Å². The van der Waals surface area contributed by atoms with Crippen molar-refractivity contribution in [3.63, 3.8) is 0 Å². The fourth-order valence-corrected chi connectivity index (χ4v) is 2.77. The number of nitrogens with zero attached hydrogens (tertiary/aromatic N) is 1. The summed E-state index contributed by atoms with van der Waals surface area (Å²) >= 11 is 0. The number of benzene rings is 2. The van der Waals surface area contributed by atoms with Crippen molar-refractivity contribution >= 4 is 6.21 Å². The van der Waals surface area contributed by atoms with E-state index in [4.69, 9.17) is 0 Å². The molecule has 0 N–H and O–H groups in total. The lowest BCUT2D eigenvalue weighted by atomic mass is 10.0. The molecule has 2 rings (SSSR count). The van der Waals surface area contributed by atoms with Gasteiger partial charge in [-0.05, 0) is 55.0 Å². The standard InChI is InChI=1S/C27H31N/c1-3-5-13-25(14-6-4-2)23-28-22-12-8-9-15-24-18-20-27(21-19-24)26-16-10-7-11-17-26/h3,5,7,10-11,13,16-21,23H,4,6,8,12,14,22H2,1-2H3/b5-3-,25-13-,28-23+. The maximum Gasteiger partial charge on any atom is 0.0398 e. The van der Waals surface area contributed by atoms with Gasteiger partial charge in [0.25, 0.3) is 0 Å². The molecule has 0 spiro atoms. The van der Waals surface area contributed by atoms with Gasteiger partial charge in [0, 0.05) is 24.7 Å². The van der Waals surface area contributed by atoms with Gasteiger partial charge >= 0.3 is 0 Å². The molecule has 0 atom stereocenters. The second-order valence-electron chi connectivity index (χ2n) is 6.75. The van der Waals surface area contributed by atoms with E-state index in [0.717, 1.165) is 31.4 Å². The molecule has 0 aliphatic heterocycles. The zero-order chi connectivity index (χ0) is 19.9. The summed E-state index contributed by atoms with van der Waals surface area (Å²) in [4.78, 5) is 4.57. The summed E-state index contributed by atoms with van der Waals surface area (Å²) in [5.41, 5.74) is 4.84. The van der Waals surface area contributed by atoms with Crippen LogP contribution >= 0.6 is 0 Å². The molecule has 0 bridgehead atoms. The van der Waals surface area contributed by atoms with Crippen molar-refractivity contribution in [1.29, 1.82) is 0 Å². The summed E-state index contributed by atoms with van der Waals surface area (Å²) in [6, 6.07) is 18.9. The lowest BCUT2D eigenvalue weighted by Gasteiger charge is -2.00. The molecule has 1 heteroatoms. The third-order valence-electron chi connectivity index (χ3n) is 4.39. The smallest absolute Gasteiger partial charge is 0.0398 e. The zero-order valence-corrected chi connectivity index (χ0v) is 17.2. The molecule has 0 radical (unpaired) electrons. The van der Waals surface area contributed by atoms with Crippen LogP contribution < -0.4 is 0 Å². The van der Waals surface area contributed by atoms with Gasteiger partial charge in [0.15, 0.2) is 0 Å². The van der Waals surface area contributed by atoms with Crippen molar-refractivity contribution in [1.82, 2.24) is 0 Å². The predicted octanol–water partition coefficient (Wildman–Crippen LogP) is 7.25. The monoisotopic (exact) mass is 369 g/mol. The average Bonchev–Trinajstić information content (AvgIpc) is 2.75. The summed E-state index contributed by atoms with van der Waals surface area (Å²) in [6.07, 6.45) is 13.7. The van der Waals surface area contributed by atoms with E-state index in [1.807, 2.05) is 19.2 Å². The topological polar surface area (TPSA) is 12.4 Å². The molecule has 0 aliphatic carbocycles. The van der Waals surface area contributed by atoms with Crippen molar-refractivity contribution in [2.24, 2.45) is 4.99 Å². The van der Waals surface area contributed by atoms with Crippen LogP contribution in [0.2, 0.25) is 0 Å². The Morgan fingerprint density at radius 2 is 1.71 bits per heavy atom. The highest BCUT2D eigenvalue weighted by atomic mass is 14.7. The van der Waals surface area contributed by atoms with Gasteiger partial charge in [-0.25, -0.2) is 0 Å². The third-order valence-corrected chi connectivity index (χ3v) is 4.39. The Morgan fingerprint density at radius 1 is 0.964 bits per heavy atom. The lowest BCUT2D eigenvalue weighted by molar-refractivity contribution is 0.802. The Bertz CT molecular complexity index is 827. The lowest BCUT2D eigenvalue weighted by Crippen LogP contribution is -1.88. The van der Waals surface area contributed by atoms with E-state index in [1.54, 1.807) is 0 Å². The minimum Gasteiger partial charge on any atom is -0.293 e. The van der Waals surface area contributed by atoms with Gasteiger partial charge < -0.3 is 0 Å². The number of rotatable bonds is 9. The van der Waals surface area contributed by atoms with E-state index in [2.05, 4.69) is 90.5 Å². The summed E-state index contributed by atoms with van der Waals surface area (Å²) in [7, 11) is 0. The molecule has 2 aromatic carbocycles. The maximum absolute atomic E-state index is 4.57. The molecule has 144 valence electrons. The van der Waals surface area contributed by atoms with Crippen LogP contribution in [0, 0.1) is 11.8 Å². The SMILES string of the molecule is C\C=C/C=C(\C=N\CCCC#Cc1ccc(-c2ccccc2)cc1)CCCC. The molecule has 0 unspecified atom stereocenters. The largest absolute Gasteiger partial charge is 0.293 e. The van der Waals surface area contributed by atoms with Gasteiger partial charge in [-0.3, -0.25) is 4.99 Å². The van der Waals surface area contributed by atoms with Gasteiger partial charge in [-0.1, -0.05) is 85.9 Å². The quantitative estimate of drug-likeness (QED) is 0.191. The first-order chi connectivity index (χ1) is 13.8. The number of hydrogen-bond acceptors (Lipinski definition) is 1. The molecular formula is C27H31N. The van der Waals surface area contributed by atoms with E-state index in [-0.39, 0.29) is 0 Å². The normalized spacial score (nSPS) is 11.7. The summed E-state index contributed by atoms with van der Waals surface area (Å²) in [5.74, 6) is 6.52. The highest BCUT2D eigenvalue weighted by Crippen LogP contribution is 2.18. The molecule has 2 aromatic rings. The summed E-state index contributed by atoms with van der Waals surface area (Å²) < 4.78 is 0. The second kappa shape index (κ2) is 13.3. The van der Waals surface area contributed by atoms with Crippen molar-refractivity contribution < 1.29 is 0 Å². The second-order valence-corrected chi connectivity index (χ2v) is 6.75. The van der Waals surface area contributed by atoms with Crippen LogP contribution in [-0.4, -0.2) is 12.8 Å². The zero-order valence-electron chi connectivity index (χ0n) is 17.2. The Hall–Kier alpha value is -2.85. The van der Waals surface area contributed by atoms with Crippen LogP contribution in [0.15, 0.2) is 83.4 Å². The fourth-order valence-electron chi connectivity index (χ4n) is 2.77. The van der Waals surface area contributed by atoms with Gasteiger partial charge in [0.05, 0.1) is 0 Å². The van der Waals surface area contributed by atoms with Gasteiger partial charge in [0.2, 0.25) is 0 Å². The first-order valence-corrected chi connectivity index (χ1v) is 10.3. The predicted molar refractivity (Wildman–Crippen MR) is 124 cm³/mol. The molecule has 1 nitrogen and oxygen atoms in total. The van der Waals surface area contributed by atoms with Gasteiger partial charge in [-0.15, -0.1) is 0 Å². The Kier molecular flexibility index (Phi) is 10.2. The van der Waals surface area contributed by atoms with Crippen LogP contribution in [0.3, 0.4) is 0 Å². The highest BCUT2D eigenvalue weighted by molar-refractivity contribution is 5.78. The molecule has 0 aromatic heterocycles. The van der Waals surface area contributed by atoms with Crippen LogP contribution in [0.1, 0.15) is 51.5 Å². The first kappa shape index (κ1) is 21.5. The molecule has 0 fully saturated rings. The molecule has 28 heavy (non-hydrogen) atoms. The van der Waals surface area contributed by atoms with E-state index in [1.165, 1.54) is 29.5 Å². The number of hydrogen-bond donors (Lipinski definition) is 0. The molecular weight excluding hydrogens is 338 g/mol. The maximum atomic E-state index is 4.57. The summed E-state index contributed by atoms with van der Waals surface area (Å²) in [6.45, 7) is 5.10. The van der Waals surface area contributed by atoms with E-state index in [9.17, 15) is 0 Å². The Labute approximate surface area is 170 Å². The molecule has 0 heterocycles. The van der Waals surface area contributed by atoms with Crippen LogP contribution in [0.5, 0.6) is 0 Å². The fraction of sp³-hybridized carbons (Fsp3) is 0.296. The molecule has 0 saturated heterocycles. The van der Waals surface area contributed by atoms with Crippen LogP contribution in [0.25, 0.3) is 11.1 Å². The third kappa shape index (κ3) is 8.23. The Balaban J connectivity index is 1.77. The summed E-state index contributed by atoms with van der Waals surface area (Å²) in [5, 5.41) is 0. The highest BCUT2D eigenvalue weighted by Gasteiger charge is 1.95. The number of unbranched alkanes of at least 4 members (excludes halogenated alkanes) is 2. The van der Waals surface area contributed by atoms with Gasteiger partial charge in [-0.2, -0.15) is 0 Å². The van der Waals surface area contributed by atoms with Crippen molar-refractivity contribution in [3.8, 4) is 23.0 Å². The number of allylic oxidation sites excluding steroid dienone is 4. The van der Waals surface area contributed by atoms with Crippen molar-refractivity contribution in [2.75, 3.05) is 6.54 Å². The minimum absolute atomic E-state index is 0.834.